The lowest BCUT2D eigenvalue weighted by atomic mass is 10.2. The number of halogens is 3. The molecule has 0 saturated heterocycles. The summed E-state index contributed by atoms with van der Waals surface area (Å²) in [5.74, 6) is -0.240. The van der Waals surface area contributed by atoms with Gasteiger partial charge in [0.2, 0.25) is 15.9 Å². The summed E-state index contributed by atoms with van der Waals surface area (Å²) in [6, 6.07) is 11.6. The third-order valence-electron chi connectivity index (χ3n) is 3.75. The maximum Gasteiger partial charge on any atom is 0.387 e. The third-order valence-corrected chi connectivity index (χ3v) is 5.48. The van der Waals surface area contributed by atoms with Crippen molar-refractivity contribution in [1.29, 1.82) is 0 Å². The van der Waals surface area contributed by atoms with Crippen LogP contribution in [0.3, 0.4) is 0 Å². The molecular formula is C18H19ClF2N2O4S. The molecule has 0 aromatic heterocycles. The second-order valence-electron chi connectivity index (χ2n) is 5.87. The molecule has 152 valence electrons. The number of hydrogen-bond acceptors (Lipinski definition) is 4. The summed E-state index contributed by atoms with van der Waals surface area (Å²) in [4.78, 5) is 13.7. The lowest BCUT2D eigenvalue weighted by Gasteiger charge is -2.18. The number of hydrogen-bond donors (Lipinski definition) is 1. The number of ether oxygens (including phenoxy) is 1. The van der Waals surface area contributed by atoms with Gasteiger partial charge >= 0.3 is 6.61 Å². The van der Waals surface area contributed by atoms with Gasteiger partial charge in [-0.2, -0.15) is 8.78 Å². The number of sulfonamides is 1. The lowest BCUT2D eigenvalue weighted by Crippen LogP contribution is -2.31. The highest BCUT2D eigenvalue weighted by atomic mass is 35.5. The first kappa shape index (κ1) is 22.1. The average molecular weight is 433 g/mol. The fourth-order valence-corrected chi connectivity index (χ4v) is 3.48. The van der Waals surface area contributed by atoms with E-state index in [1.54, 1.807) is 19.2 Å². The van der Waals surface area contributed by atoms with Gasteiger partial charge in [-0.3, -0.25) is 4.79 Å². The molecule has 0 aliphatic rings. The van der Waals surface area contributed by atoms with Crippen LogP contribution in [0.4, 0.5) is 8.78 Å². The molecule has 0 radical (unpaired) electrons. The molecule has 28 heavy (non-hydrogen) atoms. The molecule has 0 bridgehead atoms. The Balaban J connectivity index is 1.83. The number of carbonyl (C=O) groups excluding carboxylic acids is 1. The number of amides is 1. The highest BCUT2D eigenvalue weighted by molar-refractivity contribution is 7.89. The topological polar surface area (TPSA) is 75.7 Å². The summed E-state index contributed by atoms with van der Waals surface area (Å²) in [7, 11) is -2.16. The molecule has 2 rings (SSSR count). The van der Waals surface area contributed by atoms with Crippen LogP contribution in [0.15, 0.2) is 53.4 Å². The summed E-state index contributed by atoms with van der Waals surface area (Å²) in [6.07, 6.45) is -0.0318. The Kier molecular flexibility index (Phi) is 7.73. The number of alkyl halides is 2. The van der Waals surface area contributed by atoms with E-state index in [2.05, 4.69) is 9.46 Å². The third kappa shape index (κ3) is 6.74. The fraction of sp³-hybridized carbons (Fsp3) is 0.278. The van der Waals surface area contributed by atoms with E-state index in [9.17, 15) is 22.0 Å². The Labute approximate surface area is 167 Å². The number of nitrogens with one attached hydrogen (secondary N) is 1. The Hall–Kier alpha value is -2.23. The van der Waals surface area contributed by atoms with Crippen molar-refractivity contribution in [1.82, 2.24) is 9.62 Å². The van der Waals surface area contributed by atoms with E-state index in [-0.39, 0.29) is 36.1 Å². The quantitative estimate of drug-likeness (QED) is 0.660. The molecule has 2 aromatic rings. The smallest absolute Gasteiger partial charge is 0.387 e. The normalized spacial score (nSPS) is 11.5. The van der Waals surface area contributed by atoms with Gasteiger partial charge in [-0.1, -0.05) is 23.7 Å². The minimum absolute atomic E-state index is 0.0318. The number of carbonyl (C=O) groups is 1. The molecule has 0 atom stereocenters. The van der Waals surface area contributed by atoms with Crippen LogP contribution >= 0.6 is 11.6 Å². The van der Waals surface area contributed by atoms with E-state index in [4.69, 9.17) is 11.6 Å². The van der Waals surface area contributed by atoms with Crippen LogP contribution in [0.25, 0.3) is 0 Å². The summed E-state index contributed by atoms with van der Waals surface area (Å²) < 4.78 is 55.2. The zero-order valence-electron chi connectivity index (χ0n) is 14.9. The predicted molar refractivity (Wildman–Crippen MR) is 101 cm³/mol. The molecular weight excluding hydrogens is 414 g/mol. The van der Waals surface area contributed by atoms with E-state index in [0.717, 1.165) is 5.56 Å². The van der Waals surface area contributed by atoms with E-state index >= 15 is 0 Å². The predicted octanol–water partition coefficient (Wildman–Crippen LogP) is 3.27. The minimum Gasteiger partial charge on any atom is -0.435 e. The molecule has 0 heterocycles. The summed E-state index contributed by atoms with van der Waals surface area (Å²) in [5.41, 5.74) is 0.721. The standard InChI is InChI=1S/C18H19ClF2N2O4S/c1-23(12-13-2-6-15(7-3-13)27-18(20)21)17(24)10-11-22-28(25,26)16-8-4-14(19)5-9-16/h2-9,18,22H,10-12H2,1H3. The van der Waals surface area contributed by atoms with Crippen molar-refractivity contribution in [2.24, 2.45) is 0 Å². The maximum absolute atomic E-state index is 12.2. The molecule has 0 aliphatic carbocycles. The second-order valence-corrected chi connectivity index (χ2v) is 8.08. The van der Waals surface area contributed by atoms with E-state index < -0.39 is 16.6 Å². The first-order chi connectivity index (χ1) is 13.2. The van der Waals surface area contributed by atoms with Crippen LogP contribution in [0.5, 0.6) is 5.75 Å². The van der Waals surface area contributed by atoms with Crippen LogP contribution < -0.4 is 9.46 Å². The molecule has 6 nitrogen and oxygen atoms in total. The zero-order valence-corrected chi connectivity index (χ0v) is 16.5. The SMILES string of the molecule is CN(Cc1ccc(OC(F)F)cc1)C(=O)CCNS(=O)(=O)c1ccc(Cl)cc1. The van der Waals surface area contributed by atoms with Crippen LogP contribution in [0.2, 0.25) is 5.02 Å². The van der Waals surface area contributed by atoms with Gasteiger partial charge in [-0.25, -0.2) is 13.1 Å². The van der Waals surface area contributed by atoms with Crippen molar-refractivity contribution in [2.75, 3.05) is 13.6 Å². The van der Waals surface area contributed by atoms with Gasteiger partial charge in [0.25, 0.3) is 0 Å². The maximum atomic E-state index is 12.2. The molecule has 0 unspecified atom stereocenters. The summed E-state index contributed by atoms with van der Waals surface area (Å²) >= 11 is 5.73. The van der Waals surface area contributed by atoms with Gasteiger partial charge < -0.3 is 9.64 Å². The van der Waals surface area contributed by atoms with Crippen molar-refractivity contribution < 1.29 is 26.7 Å². The highest BCUT2D eigenvalue weighted by Crippen LogP contribution is 2.16. The Morgan fingerprint density at radius 3 is 2.32 bits per heavy atom. The monoisotopic (exact) mass is 432 g/mol. The van der Waals surface area contributed by atoms with Crippen LogP contribution in [-0.2, 0) is 21.4 Å². The lowest BCUT2D eigenvalue weighted by molar-refractivity contribution is -0.130. The van der Waals surface area contributed by atoms with Gasteiger partial charge in [0.15, 0.2) is 0 Å². The minimum atomic E-state index is -3.73. The van der Waals surface area contributed by atoms with Gasteiger partial charge in [0.1, 0.15) is 5.75 Å². The summed E-state index contributed by atoms with van der Waals surface area (Å²) in [6.45, 7) is -2.71. The number of nitrogens with zero attached hydrogens (tertiary/aromatic N) is 1. The van der Waals surface area contributed by atoms with E-state index in [0.29, 0.717) is 5.02 Å². The van der Waals surface area contributed by atoms with Crippen LogP contribution in [0.1, 0.15) is 12.0 Å². The number of rotatable bonds is 9. The molecule has 0 fully saturated rings. The largest absolute Gasteiger partial charge is 0.435 e. The van der Waals surface area contributed by atoms with Crippen LogP contribution in [0, 0.1) is 0 Å². The molecule has 0 saturated carbocycles. The van der Waals surface area contributed by atoms with E-state index in [1.165, 1.54) is 41.3 Å². The summed E-state index contributed by atoms with van der Waals surface area (Å²) in [5, 5.41) is 0.421. The molecule has 1 amide bonds. The molecule has 0 aliphatic heterocycles. The Bertz CT molecular complexity index is 891. The van der Waals surface area contributed by atoms with Crippen molar-refractivity contribution in [3.05, 3.63) is 59.1 Å². The second kappa shape index (κ2) is 9.81. The molecule has 1 N–H and O–H groups in total. The molecule has 2 aromatic carbocycles. The highest BCUT2D eigenvalue weighted by Gasteiger charge is 2.15. The van der Waals surface area contributed by atoms with Crippen molar-refractivity contribution >= 4 is 27.5 Å². The van der Waals surface area contributed by atoms with E-state index in [1.807, 2.05) is 0 Å². The fourth-order valence-electron chi connectivity index (χ4n) is 2.32. The first-order valence-corrected chi connectivity index (χ1v) is 10.1. The molecule has 10 heteroatoms. The molecule has 0 spiro atoms. The van der Waals surface area contributed by atoms with Gasteiger partial charge in [-0.05, 0) is 42.0 Å². The van der Waals surface area contributed by atoms with Crippen molar-refractivity contribution in [3.8, 4) is 5.75 Å². The number of benzene rings is 2. The van der Waals surface area contributed by atoms with Gasteiger partial charge in [0.05, 0.1) is 4.90 Å². The Morgan fingerprint density at radius 1 is 1.14 bits per heavy atom. The van der Waals surface area contributed by atoms with Crippen molar-refractivity contribution in [2.45, 2.75) is 24.5 Å². The first-order valence-electron chi connectivity index (χ1n) is 8.20. The van der Waals surface area contributed by atoms with Gasteiger partial charge in [-0.15, -0.1) is 0 Å². The Morgan fingerprint density at radius 2 is 1.75 bits per heavy atom. The van der Waals surface area contributed by atoms with Crippen molar-refractivity contribution in [3.63, 3.8) is 0 Å². The average Bonchev–Trinajstić information content (AvgIpc) is 2.63. The zero-order chi connectivity index (χ0) is 20.7. The van der Waals surface area contributed by atoms with Crippen LogP contribution in [-0.4, -0.2) is 39.4 Å². The van der Waals surface area contributed by atoms with Gasteiger partial charge in [0, 0.05) is 31.6 Å².